The zero-order valence-electron chi connectivity index (χ0n) is 12.8. The lowest BCUT2D eigenvalue weighted by molar-refractivity contribution is 0.0925. The van der Waals surface area contributed by atoms with E-state index in [1.54, 1.807) is 11.3 Å². The lowest BCUT2D eigenvalue weighted by Crippen LogP contribution is -2.52. The number of nitrogens with zero attached hydrogens (tertiary/aromatic N) is 3. The number of rotatable bonds is 4. The van der Waals surface area contributed by atoms with Crippen LogP contribution >= 0.6 is 11.3 Å². The molecule has 0 aliphatic carbocycles. The Kier molecular flexibility index (Phi) is 4.10. The number of hydrogen-bond acceptors (Lipinski definition) is 6. The third kappa shape index (κ3) is 2.88. The van der Waals surface area contributed by atoms with Gasteiger partial charge < -0.3 is 9.84 Å². The molecule has 114 valence electrons. The van der Waals surface area contributed by atoms with E-state index in [2.05, 4.69) is 53.3 Å². The van der Waals surface area contributed by atoms with Gasteiger partial charge in [0.2, 0.25) is 0 Å². The van der Waals surface area contributed by atoms with Crippen LogP contribution in [0, 0.1) is 0 Å². The molecule has 0 atom stereocenters. The van der Waals surface area contributed by atoms with Gasteiger partial charge in [0, 0.05) is 31.1 Å². The van der Waals surface area contributed by atoms with E-state index in [9.17, 15) is 0 Å². The Labute approximate surface area is 129 Å². The van der Waals surface area contributed by atoms with E-state index in [4.69, 9.17) is 4.52 Å². The van der Waals surface area contributed by atoms with Gasteiger partial charge in [0.15, 0.2) is 5.82 Å². The summed E-state index contributed by atoms with van der Waals surface area (Å²) in [6.07, 6.45) is 1.04. The maximum absolute atomic E-state index is 5.49. The lowest BCUT2D eigenvalue weighted by Gasteiger charge is -2.38. The minimum atomic E-state index is -0.200. The van der Waals surface area contributed by atoms with Crippen LogP contribution in [-0.2, 0) is 12.0 Å². The van der Waals surface area contributed by atoms with E-state index in [0.717, 1.165) is 43.3 Å². The molecule has 21 heavy (non-hydrogen) atoms. The van der Waals surface area contributed by atoms with Crippen molar-refractivity contribution in [3.63, 3.8) is 0 Å². The molecule has 6 heteroatoms. The van der Waals surface area contributed by atoms with Crippen LogP contribution in [0.15, 0.2) is 16.7 Å². The van der Waals surface area contributed by atoms with Gasteiger partial charge in [-0.2, -0.15) is 4.98 Å². The van der Waals surface area contributed by atoms with Crippen molar-refractivity contribution < 1.29 is 4.52 Å². The van der Waals surface area contributed by atoms with E-state index in [0.29, 0.717) is 5.89 Å². The smallest absolute Gasteiger partial charge is 0.268 e. The average Bonchev–Trinajstić information content (AvgIpc) is 3.17. The molecular formula is C15H22N4OS. The number of aromatic nitrogens is 2. The van der Waals surface area contributed by atoms with E-state index >= 15 is 0 Å². The van der Waals surface area contributed by atoms with Crippen LogP contribution in [0.25, 0.3) is 10.8 Å². The molecule has 0 amide bonds. The summed E-state index contributed by atoms with van der Waals surface area (Å²) < 4.78 is 5.49. The van der Waals surface area contributed by atoms with Crippen LogP contribution in [0.4, 0.5) is 0 Å². The van der Waals surface area contributed by atoms with Gasteiger partial charge in [-0.25, -0.2) is 0 Å². The van der Waals surface area contributed by atoms with Crippen molar-refractivity contribution in [2.24, 2.45) is 0 Å². The summed E-state index contributed by atoms with van der Waals surface area (Å²) >= 11 is 1.73. The number of thiophene rings is 1. The van der Waals surface area contributed by atoms with Crippen LogP contribution in [0.1, 0.15) is 31.5 Å². The summed E-state index contributed by atoms with van der Waals surface area (Å²) in [6.45, 7) is 10.5. The van der Waals surface area contributed by atoms with Crippen molar-refractivity contribution in [3.8, 4) is 10.8 Å². The van der Waals surface area contributed by atoms with E-state index in [1.165, 1.54) is 4.88 Å². The van der Waals surface area contributed by atoms with E-state index in [1.807, 2.05) is 0 Å². The molecule has 1 saturated heterocycles. The number of aryl methyl sites for hydroxylation is 1. The normalized spacial score (nSPS) is 17.3. The Morgan fingerprint density at radius 3 is 2.76 bits per heavy atom. The molecule has 0 unspecified atom stereocenters. The van der Waals surface area contributed by atoms with Gasteiger partial charge in [-0.1, -0.05) is 12.1 Å². The highest BCUT2D eigenvalue weighted by molar-refractivity contribution is 7.15. The van der Waals surface area contributed by atoms with Crippen molar-refractivity contribution in [2.45, 2.75) is 32.7 Å². The number of hydrogen-bond donors (Lipinski definition) is 1. The standard InChI is InChI=1S/C15H22N4OS/c1-4-11-5-6-12(21-11)13-17-14(18-20-13)15(2,3)19-9-7-16-8-10-19/h5-6,16H,4,7-10H2,1-3H3. The molecule has 0 aromatic carbocycles. The van der Waals surface area contributed by atoms with Crippen LogP contribution < -0.4 is 5.32 Å². The third-order valence-electron chi connectivity index (χ3n) is 4.10. The van der Waals surface area contributed by atoms with E-state index in [-0.39, 0.29) is 5.54 Å². The molecule has 1 fully saturated rings. The molecule has 2 aromatic heterocycles. The summed E-state index contributed by atoms with van der Waals surface area (Å²) in [6, 6.07) is 4.20. The van der Waals surface area contributed by atoms with Crippen molar-refractivity contribution in [2.75, 3.05) is 26.2 Å². The Hall–Kier alpha value is -1.24. The molecule has 0 spiro atoms. The van der Waals surface area contributed by atoms with Crippen molar-refractivity contribution in [3.05, 3.63) is 22.8 Å². The average molecular weight is 306 g/mol. The van der Waals surface area contributed by atoms with Gasteiger partial charge >= 0.3 is 0 Å². The minimum absolute atomic E-state index is 0.200. The van der Waals surface area contributed by atoms with Crippen molar-refractivity contribution in [1.29, 1.82) is 0 Å². The molecule has 3 rings (SSSR count). The Morgan fingerprint density at radius 2 is 2.10 bits per heavy atom. The van der Waals surface area contributed by atoms with Crippen LogP contribution in [0.2, 0.25) is 0 Å². The van der Waals surface area contributed by atoms with Gasteiger partial charge in [0.1, 0.15) is 0 Å². The minimum Gasteiger partial charge on any atom is -0.333 e. The first-order valence-corrected chi connectivity index (χ1v) is 8.32. The Morgan fingerprint density at radius 1 is 1.33 bits per heavy atom. The molecule has 3 heterocycles. The fourth-order valence-electron chi connectivity index (χ4n) is 2.62. The molecule has 5 nitrogen and oxygen atoms in total. The van der Waals surface area contributed by atoms with Gasteiger partial charge in [-0.05, 0) is 32.4 Å². The fourth-order valence-corrected chi connectivity index (χ4v) is 3.49. The third-order valence-corrected chi connectivity index (χ3v) is 5.32. The second-order valence-corrected chi connectivity index (χ2v) is 7.01. The molecule has 2 aromatic rings. The first-order valence-electron chi connectivity index (χ1n) is 7.50. The van der Waals surface area contributed by atoms with Crippen molar-refractivity contribution >= 4 is 11.3 Å². The van der Waals surface area contributed by atoms with Gasteiger partial charge in [-0.15, -0.1) is 11.3 Å². The lowest BCUT2D eigenvalue weighted by atomic mass is 10.0. The Bertz CT molecular complexity index is 598. The predicted molar refractivity (Wildman–Crippen MR) is 84.5 cm³/mol. The summed E-state index contributed by atoms with van der Waals surface area (Å²) in [7, 11) is 0. The zero-order chi connectivity index (χ0) is 14.9. The monoisotopic (exact) mass is 306 g/mol. The van der Waals surface area contributed by atoms with Gasteiger partial charge in [0.05, 0.1) is 10.4 Å². The SMILES string of the molecule is CCc1ccc(-c2nc(C(C)(C)N3CCNCC3)no2)s1. The largest absolute Gasteiger partial charge is 0.333 e. The second-order valence-electron chi connectivity index (χ2n) is 5.84. The highest BCUT2D eigenvalue weighted by Crippen LogP contribution is 2.31. The fraction of sp³-hybridized carbons (Fsp3) is 0.600. The second kappa shape index (κ2) is 5.87. The summed E-state index contributed by atoms with van der Waals surface area (Å²) in [4.78, 5) is 9.45. The Balaban J connectivity index is 1.83. The molecule has 0 radical (unpaired) electrons. The van der Waals surface area contributed by atoms with Crippen LogP contribution in [0.3, 0.4) is 0 Å². The quantitative estimate of drug-likeness (QED) is 0.940. The molecule has 1 aliphatic heterocycles. The molecular weight excluding hydrogens is 284 g/mol. The number of nitrogens with one attached hydrogen (secondary N) is 1. The molecule has 1 aliphatic rings. The summed E-state index contributed by atoms with van der Waals surface area (Å²) in [5.74, 6) is 1.41. The van der Waals surface area contributed by atoms with Gasteiger partial charge in [-0.3, -0.25) is 4.90 Å². The van der Waals surface area contributed by atoms with Crippen LogP contribution in [0.5, 0.6) is 0 Å². The first-order chi connectivity index (χ1) is 10.1. The summed E-state index contributed by atoms with van der Waals surface area (Å²) in [5, 5.41) is 7.61. The zero-order valence-corrected chi connectivity index (χ0v) is 13.7. The van der Waals surface area contributed by atoms with Gasteiger partial charge in [0.25, 0.3) is 5.89 Å². The maximum atomic E-state index is 5.49. The highest BCUT2D eigenvalue weighted by Gasteiger charge is 2.34. The predicted octanol–water partition coefficient (Wildman–Crippen LogP) is 2.50. The molecule has 0 saturated carbocycles. The number of piperazine rings is 1. The summed E-state index contributed by atoms with van der Waals surface area (Å²) in [5.41, 5.74) is -0.200. The first kappa shape index (κ1) is 14.7. The topological polar surface area (TPSA) is 54.2 Å². The van der Waals surface area contributed by atoms with Crippen molar-refractivity contribution in [1.82, 2.24) is 20.4 Å². The highest BCUT2D eigenvalue weighted by atomic mass is 32.1. The maximum Gasteiger partial charge on any atom is 0.268 e. The van der Waals surface area contributed by atoms with E-state index < -0.39 is 0 Å². The molecule has 0 bridgehead atoms. The van der Waals surface area contributed by atoms with Crippen LogP contribution in [-0.4, -0.2) is 41.2 Å². The molecule has 1 N–H and O–H groups in total.